The van der Waals surface area contributed by atoms with Gasteiger partial charge < -0.3 is 96.5 Å². The largest absolute Gasteiger partial charge is 0.507 e. The molecular weight excluding hydrogens is 1100 g/mol. The maximum atomic E-state index is 14.6. The third-order valence-corrected chi connectivity index (χ3v) is 19.1. The molecule has 4 N–H and O–H groups in total. The van der Waals surface area contributed by atoms with Gasteiger partial charge >= 0.3 is 0 Å². The highest BCUT2D eigenvalue weighted by Gasteiger charge is 2.57. The van der Waals surface area contributed by atoms with Crippen molar-refractivity contribution in [3.8, 4) is 17.2 Å². The Hall–Kier alpha value is -4.16. The smallest absolute Gasteiger partial charge is 0.202 e. The SMILES string of the molecule is CCC1(O)CC(OC2C(C)OC(OC3CC4OC5CC(=O)C(C)OC5OC4C(C)O3)CC2N(C)C)c2c(O)c3c(c(O)c2C1OC1CC(N(C)C)C(OC2CC4OC5CC(=O)C(C)OC5OC4C(C)O2)C(C)O1)C(=O)c1cccc(O)c1C3=O. The van der Waals surface area contributed by atoms with Crippen molar-refractivity contribution in [1.29, 1.82) is 0 Å². The number of hydrogen-bond acceptors (Lipinski definition) is 24. The van der Waals surface area contributed by atoms with Crippen LogP contribution in [0.25, 0.3) is 0 Å². The quantitative estimate of drug-likeness (QED) is 0.196. The highest BCUT2D eigenvalue weighted by atomic mass is 16.8. The molecule has 2 aliphatic carbocycles. The minimum absolute atomic E-state index is 0.0129. The number of ether oxygens (including phenoxy) is 14. The van der Waals surface area contributed by atoms with Crippen LogP contribution in [-0.2, 0) is 75.9 Å². The van der Waals surface area contributed by atoms with E-state index in [-0.39, 0.29) is 78.8 Å². The van der Waals surface area contributed by atoms with Crippen LogP contribution in [-0.4, -0.2) is 222 Å². The Kier molecular flexibility index (Phi) is 16.5. The number of phenols is 3. The Bertz CT molecular complexity index is 2870. The summed E-state index contributed by atoms with van der Waals surface area (Å²) >= 11 is 0. The average Bonchev–Trinajstić information content (AvgIpc) is 0.975. The van der Waals surface area contributed by atoms with E-state index in [0.717, 1.165) is 0 Å². The number of aromatic hydroxyl groups is 3. The van der Waals surface area contributed by atoms with E-state index in [4.69, 9.17) is 66.3 Å². The van der Waals surface area contributed by atoms with E-state index in [2.05, 4.69) is 0 Å². The second-order valence-corrected chi connectivity index (χ2v) is 25.0. The lowest BCUT2D eigenvalue weighted by molar-refractivity contribution is -0.378. The van der Waals surface area contributed by atoms with Crippen LogP contribution in [0.1, 0.15) is 155 Å². The van der Waals surface area contributed by atoms with E-state index in [9.17, 15) is 39.6 Å². The second-order valence-electron chi connectivity index (χ2n) is 25.0. The molecule has 12 rings (SSSR count). The molecule has 462 valence electrons. The third-order valence-electron chi connectivity index (χ3n) is 19.1. The second kappa shape index (κ2) is 23.1. The summed E-state index contributed by atoms with van der Waals surface area (Å²) in [6.45, 7) is 12.5. The molecule has 8 aliphatic heterocycles. The van der Waals surface area contributed by atoms with Gasteiger partial charge in [-0.15, -0.1) is 0 Å². The number of nitrogens with zero attached hydrogens (tertiary/aromatic N) is 2. The molecule has 8 fully saturated rings. The number of likely N-dealkylation sites (N-methyl/N-ethyl adjacent to an activating group) is 2. The van der Waals surface area contributed by atoms with Gasteiger partial charge in [0.15, 0.2) is 55.1 Å². The van der Waals surface area contributed by atoms with Crippen molar-refractivity contribution in [2.24, 2.45) is 0 Å². The van der Waals surface area contributed by atoms with Crippen LogP contribution >= 0.6 is 0 Å². The van der Waals surface area contributed by atoms with E-state index in [1.807, 2.05) is 65.7 Å². The normalized spacial score (nSPS) is 43.9. The molecule has 2 aromatic carbocycles. The Morgan fingerprint density at radius 2 is 1.01 bits per heavy atom. The topological polar surface area (TPSA) is 285 Å². The van der Waals surface area contributed by atoms with Crippen LogP contribution < -0.4 is 0 Å². The van der Waals surface area contributed by atoms with Gasteiger partial charge in [-0.25, -0.2) is 0 Å². The highest BCUT2D eigenvalue weighted by Crippen LogP contribution is 2.58. The van der Waals surface area contributed by atoms with Gasteiger partial charge in [0.2, 0.25) is 5.78 Å². The third kappa shape index (κ3) is 10.6. The van der Waals surface area contributed by atoms with E-state index < -0.39 is 193 Å². The maximum absolute atomic E-state index is 14.6. The monoisotopic (exact) mass is 1180 g/mol. The van der Waals surface area contributed by atoms with Crippen molar-refractivity contribution in [2.45, 2.75) is 253 Å². The minimum atomic E-state index is -1.89. The van der Waals surface area contributed by atoms with Crippen LogP contribution in [0.3, 0.4) is 0 Å². The molecule has 0 amide bonds. The first-order valence-electron chi connectivity index (χ1n) is 29.7. The van der Waals surface area contributed by atoms with Crippen LogP contribution in [0.2, 0.25) is 0 Å². The molecule has 84 heavy (non-hydrogen) atoms. The number of ketones is 4. The number of aliphatic hydroxyl groups is 1. The molecule has 24 heteroatoms. The predicted molar refractivity (Wildman–Crippen MR) is 288 cm³/mol. The van der Waals surface area contributed by atoms with E-state index >= 15 is 0 Å². The molecule has 2 aromatic rings. The summed E-state index contributed by atoms with van der Waals surface area (Å²) < 4.78 is 90.5. The summed E-state index contributed by atoms with van der Waals surface area (Å²) in [6, 6.07) is 3.18. The van der Waals surface area contributed by atoms with E-state index in [0.29, 0.717) is 6.42 Å². The van der Waals surface area contributed by atoms with Crippen molar-refractivity contribution in [2.75, 3.05) is 28.2 Å². The Morgan fingerprint density at radius 1 is 0.536 bits per heavy atom. The van der Waals surface area contributed by atoms with E-state index in [1.165, 1.54) is 18.2 Å². The lowest BCUT2D eigenvalue weighted by Gasteiger charge is -2.51. The van der Waals surface area contributed by atoms with E-state index in [1.54, 1.807) is 20.8 Å². The van der Waals surface area contributed by atoms with Gasteiger partial charge in [-0.2, -0.15) is 0 Å². The molecule has 0 aromatic heterocycles. The fourth-order valence-electron chi connectivity index (χ4n) is 14.5. The van der Waals surface area contributed by atoms with Crippen LogP contribution in [0.15, 0.2) is 18.2 Å². The first-order valence-corrected chi connectivity index (χ1v) is 29.7. The summed E-state index contributed by atoms with van der Waals surface area (Å²) in [4.78, 5) is 58.3. The summed E-state index contributed by atoms with van der Waals surface area (Å²) in [5.74, 6) is -3.74. The van der Waals surface area contributed by atoms with Gasteiger partial charge in [0.1, 0.15) is 66.1 Å². The Balaban J connectivity index is 0.810. The molecule has 10 aliphatic rings. The molecule has 25 atom stereocenters. The van der Waals surface area contributed by atoms with Gasteiger partial charge in [-0.1, -0.05) is 19.1 Å². The molecule has 8 heterocycles. The number of fused-ring (bicyclic) bond motifs is 7. The summed E-state index contributed by atoms with van der Waals surface area (Å²) in [5, 5.41) is 49.7. The number of carbonyl (C=O) groups is 4. The molecule has 25 unspecified atom stereocenters. The molecule has 0 radical (unpaired) electrons. The van der Waals surface area contributed by atoms with Crippen LogP contribution in [0.5, 0.6) is 17.2 Å². The molecule has 8 saturated heterocycles. The molecule has 0 spiro atoms. The van der Waals surface area contributed by atoms with Crippen molar-refractivity contribution >= 4 is 23.1 Å². The average molecular weight is 1180 g/mol. The lowest BCUT2D eigenvalue weighted by Crippen LogP contribution is -2.62. The zero-order chi connectivity index (χ0) is 59.7. The fraction of sp³-hybridized carbons (Fsp3) is 0.733. The van der Waals surface area contributed by atoms with Crippen molar-refractivity contribution in [1.82, 2.24) is 9.80 Å². The van der Waals surface area contributed by atoms with Gasteiger partial charge in [0.25, 0.3) is 0 Å². The fourth-order valence-corrected chi connectivity index (χ4v) is 14.5. The Morgan fingerprint density at radius 3 is 1.55 bits per heavy atom. The van der Waals surface area contributed by atoms with Gasteiger partial charge in [0.05, 0.1) is 71.1 Å². The maximum Gasteiger partial charge on any atom is 0.202 e. The predicted octanol–water partition coefficient (Wildman–Crippen LogP) is 4.12. The number of Topliss-reactive ketones (excluding diaryl/α,β-unsaturated/α-hetero) is 2. The molecular formula is C60H80N2O22. The van der Waals surface area contributed by atoms with Gasteiger partial charge in [0, 0.05) is 73.7 Å². The lowest BCUT2D eigenvalue weighted by atomic mass is 9.70. The zero-order valence-corrected chi connectivity index (χ0v) is 49.3. The van der Waals surface area contributed by atoms with Gasteiger partial charge in [-0.05, 0) is 82.2 Å². The first-order chi connectivity index (χ1) is 39.9. The molecule has 0 saturated carbocycles. The molecule has 24 nitrogen and oxygen atoms in total. The van der Waals surface area contributed by atoms with Crippen LogP contribution in [0, 0.1) is 0 Å². The zero-order valence-electron chi connectivity index (χ0n) is 49.3. The van der Waals surface area contributed by atoms with Crippen molar-refractivity contribution in [3.05, 3.63) is 51.6 Å². The standard InChI is InChI=1S/C60H80N2O22/c1-12-60(70)22-39(79-53-25(4)71-40(16-30(53)61(8)9)80-42-20-35-55(27(6)73-42)83-58-37(77-35)18-33(64)23(2)75-58)45-48(52(69)46-47(51(45)68)50(67)44-29(49(46)66)14-13-15-32(44)63)57(60)82-41-17-31(62(10)11)54(26(5)72-41)81-43-21-36-56(28(7)74-43)84-59-38(78-36)19-34(65)24(3)76-59/h13-15,23-28,30-31,35-43,53-59,63,68-70H,12,16-22H2,1-11H3. The first kappa shape index (κ1) is 60.1. The summed E-state index contributed by atoms with van der Waals surface area (Å²) in [6.07, 6.45) is -14.3. The summed E-state index contributed by atoms with van der Waals surface area (Å²) in [5.41, 5.74) is -3.72. The number of hydrogen-bond donors (Lipinski definition) is 4. The van der Waals surface area contributed by atoms with Crippen molar-refractivity contribution in [3.63, 3.8) is 0 Å². The Labute approximate surface area is 487 Å². The highest BCUT2D eigenvalue weighted by molar-refractivity contribution is 6.31. The summed E-state index contributed by atoms with van der Waals surface area (Å²) in [7, 11) is 7.53. The number of benzene rings is 2. The number of rotatable bonds is 11. The van der Waals surface area contributed by atoms with Gasteiger partial charge in [-0.3, -0.25) is 19.2 Å². The number of phenolic OH excluding ortho intramolecular Hbond substituents is 3. The number of carbonyl (C=O) groups excluding carboxylic acids is 4. The van der Waals surface area contributed by atoms with Crippen LogP contribution in [0.4, 0.5) is 0 Å². The molecule has 0 bridgehead atoms. The minimum Gasteiger partial charge on any atom is -0.507 e. The van der Waals surface area contributed by atoms with Crippen molar-refractivity contribution < 1.29 is 106 Å².